The maximum absolute atomic E-state index is 11.9. The summed E-state index contributed by atoms with van der Waals surface area (Å²) < 4.78 is 0. The third kappa shape index (κ3) is 3.75. The fourth-order valence-corrected chi connectivity index (χ4v) is 3.35. The number of Topliss-reactive ketones (excluding diaryl/α,β-unsaturated/α-hetero) is 1. The van der Waals surface area contributed by atoms with Gasteiger partial charge in [0.05, 0.1) is 17.0 Å². The predicted molar refractivity (Wildman–Crippen MR) is 96.9 cm³/mol. The number of benzene rings is 2. The molecule has 0 saturated heterocycles. The van der Waals surface area contributed by atoms with Gasteiger partial charge in [0.25, 0.3) is 0 Å². The number of carbonyl (C=O) groups is 2. The zero-order valence-electron chi connectivity index (χ0n) is 13.2. The lowest BCUT2D eigenvalue weighted by Gasteiger charge is -2.02. The molecule has 0 spiro atoms. The molecule has 0 aliphatic heterocycles. The van der Waals surface area contributed by atoms with Crippen molar-refractivity contribution in [1.29, 1.82) is 0 Å². The molecular formula is C19H16N2O2S. The number of nitrogens with one attached hydrogen (secondary N) is 1. The maximum atomic E-state index is 11.9. The van der Waals surface area contributed by atoms with Gasteiger partial charge in [-0.05, 0) is 12.5 Å². The molecule has 5 heteroatoms. The molecule has 0 atom stereocenters. The maximum Gasteiger partial charge on any atom is 0.233 e. The Balaban J connectivity index is 2.00. The molecule has 0 unspecified atom stereocenters. The van der Waals surface area contributed by atoms with E-state index >= 15 is 0 Å². The Bertz CT molecular complexity index is 801. The number of hydrogen-bond acceptors (Lipinski definition) is 4. The summed E-state index contributed by atoms with van der Waals surface area (Å²) in [6.07, 6.45) is -0.138. The van der Waals surface area contributed by atoms with Gasteiger partial charge in [-0.25, -0.2) is 4.98 Å². The lowest BCUT2D eigenvalue weighted by Crippen LogP contribution is -2.14. The van der Waals surface area contributed by atoms with Gasteiger partial charge in [0.15, 0.2) is 5.13 Å². The zero-order chi connectivity index (χ0) is 16.9. The minimum atomic E-state index is -0.338. The molecule has 3 rings (SSSR count). The summed E-state index contributed by atoms with van der Waals surface area (Å²) in [5.74, 6) is -0.508. The highest BCUT2D eigenvalue weighted by Gasteiger charge is 2.16. The Morgan fingerprint density at radius 3 is 2.12 bits per heavy atom. The number of ketones is 1. The summed E-state index contributed by atoms with van der Waals surface area (Å²) in [5.41, 5.74) is 2.85. The van der Waals surface area contributed by atoms with Crippen LogP contribution in [0.4, 0.5) is 5.13 Å². The molecule has 1 amide bonds. The summed E-state index contributed by atoms with van der Waals surface area (Å²) >= 11 is 1.41. The van der Waals surface area contributed by atoms with Crippen LogP contribution in [0.25, 0.3) is 21.7 Å². The van der Waals surface area contributed by atoms with Crippen LogP contribution < -0.4 is 5.32 Å². The summed E-state index contributed by atoms with van der Waals surface area (Å²) in [7, 11) is 0. The highest BCUT2D eigenvalue weighted by Crippen LogP contribution is 2.38. The predicted octanol–water partition coefficient (Wildman–Crippen LogP) is 4.39. The topological polar surface area (TPSA) is 59.1 Å². The van der Waals surface area contributed by atoms with Crippen molar-refractivity contribution in [2.45, 2.75) is 13.3 Å². The van der Waals surface area contributed by atoms with Gasteiger partial charge in [-0.2, -0.15) is 0 Å². The molecule has 1 N–H and O–H groups in total. The Morgan fingerprint density at radius 2 is 1.54 bits per heavy atom. The SMILES string of the molecule is CC(=O)CC(=O)Nc1nc(-c2ccccc2)c(-c2ccccc2)s1. The quantitative estimate of drug-likeness (QED) is 0.703. The number of aromatic nitrogens is 1. The number of rotatable bonds is 5. The van der Waals surface area contributed by atoms with Gasteiger partial charge >= 0.3 is 0 Å². The summed E-state index contributed by atoms with van der Waals surface area (Å²) in [5, 5.41) is 3.22. The zero-order valence-corrected chi connectivity index (χ0v) is 14.0. The lowest BCUT2D eigenvalue weighted by molar-refractivity contribution is -0.124. The number of nitrogens with zero attached hydrogens (tertiary/aromatic N) is 1. The average molecular weight is 336 g/mol. The van der Waals surface area contributed by atoms with Crippen LogP contribution in [0.15, 0.2) is 60.7 Å². The van der Waals surface area contributed by atoms with E-state index in [1.54, 1.807) is 0 Å². The molecule has 1 aromatic heterocycles. The van der Waals surface area contributed by atoms with E-state index in [-0.39, 0.29) is 18.1 Å². The van der Waals surface area contributed by atoms with E-state index in [4.69, 9.17) is 0 Å². The van der Waals surface area contributed by atoms with Crippen LogP contribution in [0.2, 0.25) is 0 Å². The second-order valence-corrected chi connectivity index (χ2v) is 6.35. The fraction of sp³-hybridized carbons (Fsp3) is 0.105. The number of thiazole rings is 1. The third-order valence-electron chi connectivity index (χ3n) is 3.37. The first-order chi connectivity index (χ1) is 11.6. The van der Waals surface area contributed by atoms with Crippen molar-refractivity contribution < 1.29 is 9.59 Å². The van der Waals surface area contributed by atoms with Crippen molar-refractivity contribution in [1.82, 2.24) is 4.98 Å². The van der Waals surface area contributed by atoms with Crippen LogP contribution in [-0.2, 0) is 9.59 Å². The van der Waals surface area contributed by atoms with E-state index in [1.807, 2.05) is 60.7 Å². The van der Waals surface area contributed by atoms with Crippen molar-refractivity contribution in [3.8, 4) is 21.7 Å². The van der Waals surface area contributed by atoms with Crippen LogP contribution >= 0.6 is 11.3 Å². The van der Waals surface area contributed by atoms with Gasteiger partial charge in [0.1, 0.15) is 5.78 Å². The van der Waals surface area contributed by atoms with E-state index in [1.165, 1.54) is 18.3 Å². The molecule has 0 aliphatic rings. The fourth-order valence-electron chi connectivity index (χ4n) is 2.34. The molecule has 120 valence electrons. The van der Waals surface area contributed by atoms with Gasteiger partial charge in [-0.3, -0.25) is 9.59 Å². The average Bonchev–Trinajstić information content (AvgIpc) is 2.99. The van der Waals surface area contributed by atoms with Gasteiger partial charge in [0, 0.05) is 5.56 Å². The summed E-state index contributed by atoms with van der Waals surface area (Å²) in [4.78, 5) is 28.5. The van der Waals surface area contributed by atoms with E-state index in [0.29, 0.717) is 5.13 Å². The first-order valence-corrected chi connectivity index (χ1v) is 8.36. The Morgan fingerprint density at radius 1 is 0.958 bits per heavy atom. The molecule has 0 radical (unpaired) electrons. The van der Waals surface area contributed by atoms with Crippen LogP contribution in [0.5, 0.6) is 0 Å². The number of anilines is 1. The molecule has 0 aliphatic carbocycles. The van der Waals surface area contributed by atoms with E-state index < -0.39 is 0 Å². The van der Waals surface area contributed by atoms with Gasteiger partial charge in [0.2, 0.25) is 5.91 Å². The van der Waals surface area contributed by atoms with Crippen LogP contribution in [-0.4, -0.2) is 16.7 Å². The molecule has 0 bridgehead atoms. The monoisotopic (exact) mass is 336 g/mol. The molecular weight excluding hydrogens is 320 g/mol. The molecule has 1 heterocycles. The van der Waals surface area contributed by atoms with Crippen molar-refractivity contribution in [2.24, 2.45) is 0 Å². The molecule has 3 aromatic rings. The van der Waals surface area contributed by atoms with E-state index in [9.17, 15) is 9.59 Å². The van der Waals surface area contributed by atoms with Crippen LogP contribution in [0, 0.1) is 0 Å². The molecule has 2 aromatic carbocycles. The van der Waals surface area contributed by atoms with Crippen LogP contribution in [0.1, 0.15) is 13.3 Å². The van der Waals surface area contributed by atoms with Gasteiger partial charge in [-0.1, -0.05) is 72.0 Å². The van der Waals surface area contributed by atoms with E-state index in [0.717, 1.165) is 21.7 Å². The van der Waals surface area contributed by atoms with E-state index in [2.05, 4.69) is 10.3 Å². The molecule has 0 fully saturated rings. The minimum absolute atomic E-state index is 0.138. The largest absolute Gasteiger partial charge is 0.302 e. The third-order valence-corrected chi connectivity index (χ3v) is 4.39. The highest BCUT2D eigenvalue weighted by atomic mass is 32.1. The number of carbonyl (C=O) groups excluding carboxylic acids is 2. The van der Waals surface area contributed by atoms with Crippen molar-refractivity contribution in [2.75, 3.05) is 5.32 Å². The second-order valence-electron chi connectivity index (χ2n) is 5.36. The van der Waals surface area contributed by atoms with Gasteiger partial charge in [-0.15, -0.1) is 0 Å². The summed E-state index contributed by atoms with van der Waals surface area (Å²) in [6, 6.07) is 19.8. The minimum Gasteiger partial charge on any atom is -0.302 e. The number of hydrogen-bond donors (Lipinski definition) is 1. The van der Waals surface area contributed by atoms with Gasteiger partial charge < -0.3 is 5.32 Å². The first-order valence-electron chi connectivity index (χ1n) is 7.54. The van der Waals surface area contributed by atoms with Crippen molar-refractivity contribution in [3.63, 3.8) is 0 Å². The standard InChI is InChI=1S/C19H16N2O2S/c1-13(22)12-16(23)20-19-21-17(14-8-4-2-5-9-14)18(24-19)15-10-6-3-7-11-15/h2-11H,12H2,1H3,(H,20,21,23). The second kappa shape index (κ2) is 7.19. The molecule has 0 saturated carbocycles. The first kappa shape index (κ1) is 16.1. The lowest BCUT2D eigenvalue weighted by atomic mass is 10.1. The van der Waals surface area contributed by atoms with Crippen molar-refractivity contribution >= 4 is 28.2 Å². The Labute approximate surface area is 144 Å². The normalized spacial score (nSPS) is 10.4. The Kier molecular flexibility index (Phi) is 4.82. The van der Waals surface area contributed by atoms with Crippen LogP contribution in [0.3, 0.4) is 0 Å². The Hall–Kier alpha value is -2.79. The number of amides is 1. The molecule has 4 nitrogen and oxygen atoms in total. The molecule has 24 heavy (non-hydrogen) atoms. The van der Waals surface area contributed by atoms with Crippen molar-refractivity contribution in [3.05, 3.63) is 60.7 Å². The highest BCUT2D eigenvalue weighted by molar-refractivity contribution is 7.19. The summed E-state index contributed by atoms with van der Waals surface area (Å²) in [6.45, 7) is 1.40. The smallest absolute Gasteiger partial charge is 0.233 e.